The number of fused-ring (bicyclic) bond motifs is 1. The largest absolute Gasteiger partial charge is 0.497 e. The van der Waals surface area contributed by atoms with Crippen molar-refractivity contribution in [1.82, 2.24) is 20.6 Å². The maximum atomic E-state index is 13.9. The van der Waals surface area contributed by atoms with Gasteiger partial charge in [0.2, 0.25) is 0 Å². The predicted molar refractivity (Wildman–Crippen MR) is 129 cm³/mol. The molecule has 2 unspecified atom stereocenters. The minimum absolute atomic E-state index is 0.0312. The summed E-state index contributed by atoms with van der Waals surface area (Å²) >= 11 is 5.19. The van der Waals surface area contributed by atoms with Crippen molar-refractivity contribution in [2.45, 2.75) is 31.6 Å². The van der Waals surface area contributed by atoms with Crippen LogP contribution in [0.25, 0.3) is 0 Å². The van der Waals surface area contributed by atoms with Crippen molar-refractivity contribution in [1.29, 1.82) is 0 Å². The lowest BCUT2D eigenvalue weighted by molar-refractivity contribution is -0.173. The molecule has 0 aliphatic carbocycles. The Kier molecular flexibility index (Phi) is 6.83. The number of aromatic nitrogens is 2. The molecule has 1 aromatic heterocycles. The van der Waals surface area contributed by atoms with Crippen LogP contribution in [-0.2, 0) is 0 Å². The van der Waals surface area contributed by atoms with E-state index in [0.29, 0.717) is 11.3 Å². The van der Waals surface area contributed by atoms with E-state index in [0.717, 1.165) is 22.1 Å². The van der Waals surface area contributed by atoms with Crippen molar-refractivity contribution in [3.63, 3.8) is 0 Å². The van der Waals surface area contributed by atoms with Crippen LogP contribution in [0.15, 0.2) is 54.7 Å². The summed E-state index contributed by atoms with van der Waals surface area (Å²) in [5.74, 6) is -0.136. The van der Waals surface area contributed by atoms with Gasteiger partial charge in [-0.15, -0.1) is 0 Å². The number of amides is 1. The normalized spacial score (nSPS) is 17.1. The molecule has 4 N–H and O–H groups in total. The first-order valence-electron chi connectivity index (χ1n) is 10.6. The Morgan fingerprint density at radius 3 is 2.60 bits per heavy atom. The number of hydrazine groups is 1. The van der Waals surface area contributed by atoms with Crippen molar-refractivity contribution in [2.75, 3.05) is 17.7 Å². The number of carbonyl (C=O) groups is 1. The smallest absolute Gasteiger partial charge is 0.410 e. The number of ether oxygens (including phenoxy) is 1. The number of halogens is 3. The molecule has 2 aromatic carbocycles. The summed E-state index contributed by atoms with van der Waals surface area (Å²) in [7, 11) is 1.51. The molecule has 35 heavy (non-hydrogen) atoms. The van der Waals surface area contributed by atoms with Gasteiger partial charge in [0, 0.05) is 12.1 Å². The molecule has 1 amide bonds. The quantitative estimate of drug-likeness (QED) is 0.307. The van der Waals surface area contributed by atoms with Gasteiger partial charge < -0.3 is 15.4 Å². The van der Waals surface area contributed by atoms with Gasteiger partial charge in [-0.3, -0.25) is 15.6 Å². The number of hydrogen-bond acceptors (Lipinski definition) is 5. The zero-order valence-electron chi connectivity index (χ0n) is 18.8. The maximum Gasteiger partial charge on any atom is 0.410 e. The van der Waals surface area contributed by atoms with Gasteiger partial charge in [0.1, 0.15) is 17.1 Å². The number of anilines is 2. The van der Waals surface area contributed by atoms with Gasteiger partial charge in [-0.1, -0.05) is 24.3 Å². The molecule has 8 nitrogen and oxygen atoms in total. The molecule has 4 rings (SSSR count). The third-order valence-electron chi connectivity index (χ3n) is 5.57. The number of benzene rings is 2. The number of methoxy groups -OCH3 is 1. The first-order valence-corrected chi connectivity index (χ1v) is 11.0. The fourth-order valence-corrected chi connectivity index (χ4v) is 4.02. The van der Waals surface area contributed by atoms with Crippen LogP contribution in [0, 0.1) is 6.92 Å². The molecule has 2 heterocycles. The molecule has 0 fully saturated rings. The van der Waals surface area contributed by atoms with Gasteiger partial charge in [0.15, 0.2) is 11.2 Å². The number of hydrogen-bond donors (Lipinski definition) is 4. The highest BCUT2D eigenvalue weighted by Crippen LogP contribution is 2.44. The Hall–Kier alpha value is -3.80. The van der Waals surface area contributed by atoms with E-state index in [2.05, 4.69) is 26.6 Å². The van der Waals surface area contributed by atoms with Gasteiger partial charge in [-0.25, -0.2) is 4.68 Å². The van der Waals surface area contributed by atoms with Crippen molar-refractivity contribution in [3.05, 3.63) is 71.4 Å². The standard InChI is InChI=1S/C23H23F3N6O2S/c1-13-4-3-5-15(10-13)28-22(35)31-30-21(33)17-12-27-32-19(23(24,25)26)11-18(29-20(17)32)14-6-8-16(34-2)9-7-14/h3-10,12,18-19,29H,11H2,1-2H3,(H,30,33)(H2,28,31,35). The van der Waals surface area contributed by atoms with Crippen molar-refractivity contribution in [2.24, 2.45) is 0 Å². The van der Waals surface area contributed by atoms with E-state index in [1.54, 1.807) is 30.3 Å². The Balaban J connectivity index is 1.51. The van der Waals surface area contributed by atoms with E-state index in [1.807, 2.05) is 25.1 Å². The molecular weight excluding hydrogens is 481 g/mol. The molecule has 0 spiro atoms. The number of alkyl halides is 3. The Morgan fingerprint density at radius 1 is 1.20 bits per heavy atom. The second-order valence-corrected chi connectivity index (χ2v) is 8.43. The summed E-state index contributed by atoms with van der Waals surface area (Å²) in [6.07, 6.45) is -3.74. The van der Waals surface area contributed by atoms with Gasteiger partial charge in [0.25, 0.3) is 5.91 Å². The number of aryl methyl sites for hydroxylation is 1. The number of carbonyl (C=O) groups excluding carboxylic acids is 1. The molecule has 3 aromatic rings. The summed E-state index contributed by atoms with van der Waals surface area (Å²) in [4.78, 5) is 12.8. The monoisotopic (exact) mass is 504 g/mol. The van der Waals surface area contributed by atoms with Gasteiger partial charge in [-0.2, -0.15) is 18.3 Å². The molecule has 12 heteroatoms. The summed E-state index contributed by atoms with van der Waals surface area (Å²) in [6.45, 7) is 1.92. The highest BCUT2D eigenvalue weighted by Gasteiger charge is 2.47. The summed E-state index contributed by atoms with van der Waals surface area (Å²) in [5.41, 5.74) is 7.28. The third kappa shape index (κ3) is 5.48. The van der Waals surface area contributed by atoms with Crippen LogP contribution in [0.2, 0.25) is 0 Å². The Morgan fingerprint density at radius 2 is 1.94 bits per heavy atom. The second kappa shape index (κ2) is 9.82. The van der Waals surface area contributed by atoms with Crippen molar-refractivity contribution < 1.29 is 22.7 Å². The van der Waals surface area contributed by atoms with Crippen LogP contribution >= 0.6 is 12.2 Å². The lowest BCUT2D eigenvalue weighted by Gasteiger charge is -2.34. The SMILES string of the molecule is COc1ccc(C2CC(C(F)(F)F)n3ncc(C(=O)NNC(=S)Nc4cccc(C)c4)c3N2)cc1. The van der Waals surface area contributed by atoms with Crippen LogP contribution in [-0.4, -0.2) is 34.1 Å². The van der Waals surface area contributed by atoms with Crippen molar-refractivity contribution >= 4 is 34.7 Å². The van der Waals surface area contributed by atoms with Crippen LogP contribution < -0.4 is 26.2 Å². The average molecular weight is 505 g/mol. The van der Waals surface area contributed by atoms with E-state index in [-0.39, 0.29) is 22.9 Å². The fourth-order valence-electron chi connectivity index (χ4n) is 3.85. The molecule has 0 radical (unpaired) electrons. The summed E-state index contributed by atoms with van der Waals surface area (Å²) in [6, 6.07) is 11.6. The summed E-state index contributed by atoms with van der Waals surface area (Å²) in [5, 5.41) is 9.94. The minimum atomic E-state index is -4.56. The highest BCUT2D eigenvalue weighted by molar-refractivity contribution is 7.80. The van der Waals surface area contributed by atoms with E-state index < -0.39 is 24.2 Å². The Labute approximate surface area is 204 Å². The molecule has 184 valence electrons. The number of nitrogens with zero attached hydrogens (tertiary/aromatic N) is 2. The Bertz CT molecular complexity index is 1230. The topological polar surface area (TPSA) is 92.2 Å². The highest BCUT2D eigenvalue weighted by atomic mass is 32.1. The molecule has 1 aliphatic heterocycles. The molecular formula is C23H23F3N6O2S. The molecule has 0 saturated carbocycles. The first-order chi connectivity index (χ1) is 16.7. The zero-order chi connectivity index (χ0) is 25.2. The van der Waals surface area contributed by atoms with Gasteiger partial charge in [-0.05, 0) is 54.5 Å². The van der Waals surface area contributed by atoms with E-state index in [1.165, 1.54) is 7.11 Å². The van der Waals surface area contributed by atoms with Crippen LogP contribution in [0.4, 0.5) is 24.7 Å². The van der Waals surface area contributed by atoms with Crippen molar-refractivity contribution in [3.8, 4) is 5.75 Å². The maximum absolute atomic E-state index is 13.9. The average Bonchev–Trinajstić information content (AvgIpc) is 3.25. The fraction of sp³-hybridized carbons (Fsp3) is 0.261. The van der Waals surface area contributed by atoms with Gasteiger partial charge >= 0.3 is 6.18 Å². The summed E-state index contributed by atoms with van der Waals surface area (Å²) < 4.78 is 47.6. The number of nitrogens with one attached hydrogen (secondary N) is 4. The van der Waals surface area contributed by atoms with Crippen LogP contribution in [0.3, 0.4) is 0 Å². The second-order valence-electron chi connectivity index (χ2n) is 8.02. The molecule has 0 bridgehead atoms. The van der Waals surface area contributed by atoms with E-state index >= 15 is 0 Å². The lowest BCUT2D eigenvalue weighted by atomic mass is 9.96. The van der Waals surface area contributed by atoms with Gasteiger partial charge in [0.05, 0.1) is 19.3 Å². The van der Waals surface area contributed by atoms with Crippen LogP contribution in [0.5, 0.6) is 5.75 Å². The number of rotatable bonds is 4. The minimum Gasteiger partial charge on any atom is -0.497 e. The first kappa shape index (κ1) is 24.3. The van der Waals surface area contributed by atoms with E-state index in [4.69, 9.17) is 17.0 Å². The predicted octanol–water partition coefficient (Wildman–Crippen LogP) is 4.49. The number of thiocarbonyl (C=S) groups is 1. The molecule has 0 saturated heterocycles. The molecule has 1 aliphatic rings. The van der Waals surface area contributed by atoms with E-state index in [9.17, 15) is 18.0 Å². The molecule has 2 atom stereocenters. The zero-order valence-corrected chi connectivity index (χ0v) is 19.6. The van der Waals surface area contributed by atoms with Crippen LogP contribution in [0.1, 0.15) is 40.0 Å². The third-order valence-corrected chi connectivity index (χ3v) is 5.77. The lowest BCUT2D eigenvalue weighted by Crippen LogP contribution is -2.44.